The summed E-state index contributed by atoms with van der Waals surface area (Å²) in [5.74, 6) is -0.135. The summed E-state index contributed by atoms with van der Waals surface area (Å²) < 4.78 is 5.64. The number of aromatic carboxylic acids is 1. The van der Waals surface area contributed by atoms with Crippen molar-refractivity contribution < 1.29 is 14.6 Å². The van der Waals surface area contributed by atoms with Crippen LogP contribution in [-0.4, -0.2) is 17.2 Å². The quantitative estimate of drug-likeness (QED) is 0.904. The fraction of sp³-hybridized carbons (Fsp3) is 0.188. The Labute approximate surface area is 112 Å². The van der Waals surface area contributed by atoms with Crippen LogP contribution in [-0.2, 0) is 0 Å². The van der Waals surface area contributed by atoms with E-state index < -0.39 is 5.97 Å². The molecule has 0 atom stereocenters. The molecule has 2 aromatic carbocycles. The molecule has 3 nitrogen and oxygen atoms in total. The van der Waals surface area contributed by atoms with Crippen LogP contribution in [0.15, 0.2) is 48.5 Å². The van der Waals surface area contributed by atoms with Crippen molar-refractivity contribution in [2.75, 3.05) is 0 Å². The first-order chi connectivity index (χ1) is 9.06. The van der Waals surface area contributed by atoms with Crippen molar-refractivity contribution in [2.24, 2.45) is 0 Å². The highest BCUT2D eigenvalue weighted by molar-refractivity contribution is 5.89. The largest absolute Gasteiger partial charge is 0.491 e. The molecule has 3 heteroatoms. The van der Waals surface area contributed by atoms with Crippen molar-refractivity contribution in [2.45, 2.75) is 20.0 Å². The average molecular weight is 256 g/mol. The highest BCUT2D eigenvalue weighted by atomic mass is 16.5. The lowest BCUT2D eigenvalue weighted by Gasteiger charge is -2.11. The average Bonchev–Trinajstić information content (AvgIpc) is 2.38. The van der Waals surface area contributed by atoms with Gasteiger partial charge in [-0.2, -0.15) is 0 Å². The maximum absolute atomic E-state index is 11.0. The first-order valence-corrected chi connectivity index (χ1v) is 6.16. The predicted molar refractivity (Wildman–Crippen MR) is 74.6 cm³/mol. The van der Waals surface area contributed by atoms with Gasteiger partial charge >= 0.3 is 5.97 Å². The van der Waals surface area contributed by atoms with Crippen LogP contribution in [0, 0.1) is 0 Å². The molecule has 0 radical (unpaired) electrons. The Morgan fingerprint density at radius 2 is 1.68 bits per heavy atom. The summed E-state index contributed by atoms with van der Waals surface area (Å²) in [7, 11) is 0. The number of benzene rings is 2. The number of carboxylic acid groups (broad SMARTS) is 1. The summed E-state index contributed by atoms with van der Waals surface area (Å²) >= 11 is 0. The lowest BCUT2D eigenvalue weighted by molar-refractivity contribution is 0.0697. The highest BCUT2D eigenvalue weighted by Gasteiger charge is 2.06. The molecule has 0 aliphatic rings. The molecule has 98 valence electrons. The van der Waals surface area contributed by atoms with Crippen LogP contribution in [0.25, 0.3) is 11.1 Å². The molecule has 0 aliphatic heterocycles. The molecule has 0 heterocycles. The van der Waals surface area contributed by atoms with Gasteiger partial charge in [0.15, 0.2) is 0 Å². The maximum Gasteiger partial charge on any atom is 0.335 e. The molecule has 2 aromatic rings. The van der Waals surface area contributed by atoms with Gasteiger partial charge in [0.05, 0.1) is 11.7 Å². The molecule has 0 amide bonds. The van der Waals surface area contributed by atoms with E-state index >= 15 is 0 Å². The van der Waals surface area contributed by atoms with E-state index in [9.17, 15) is 4.79 Å². The Hall–Kier alpha value is -2.29. The lowest BCUT2D eigenvalue weighted by atomic mass is 10.0. The molecule has 0 bridgehead atoms. The van der Waals surface area contributed by atoms with Crippen molar-refractivity contribution >= 4 is 5.97 Å². The molecular formula is C16H16O3. The minimum absolute atomic E-state index is 0.112. The van der Waals surface area contributed by atoms with Crippen LogP contribution in [0.4, 0.5) is 0 Å². The van der Waals surface area contributed by atoms with Gasteiger partial charge in [-0.15, -0.1) is 0 Å². The Balaban J connectivity index is 2.36. The first kappa shape index (κ1) is 13.1. The molecule has 0 unspecified atom stereocenters. The fourth-order valence-corrected chi connectivity index (χ4v) is 1.85. The number of carbonyl (C=O) groups is 1. The second-order valence-corrected chi connectivity index (χ2v) is 4.58. The van der Waals surface area contributed by atoms with Gasteiger partial charge in [0, 0.05) is 0 Å². The SMILES string of the molecule is CC(C)Oc1cccc(-c2cccc(C(=O)O)c2)c1. The van der Waals surface area contributed by atoms with E-state index in [1.165, 1.54) is 0 Å². The number of hydrogen-bond donors (Lipinski definition) is 1. The zero-order chi connectivity index (χ0) is 13.8. The third kappa shape index (κ3) is 3.35. The molecule has 0 aromatic heterocycles. The molecule has 0 spiro atoms. The van der Waals surface area contributed by atoms with Crippen LogP contribution in [0.2, 0.25) is 0 Å². The van der Waals surface area contributed by atoms with Gasteiger partial charge < -0.3 is 9.84 Å². The van der Waals surface area contributed by atoms with Crippen molar-refractivity contribution in [3.63, 3.8) is 0 Å². The molecule has 0 saturated heterocycles. The topological polar surface area (TPSA) is 46.5 Å². The van der Waals surface area contributed by atoms with E-state index in [0.29, 0.717) is 0 Å². The second kappa shape index (κ2) is 5.57. The number of rotatable bonds is 4. The van der Waals surface area contributed by atoms with Crippen molar-refractivity contribution in [1.29, 1.82) is 0 Å². The third-order valence-electron chi connectivity index (χ3n) is 2.65. The molecule has 2 rings (SSSR count). The lowest BCUT2D eigenvalue weighted by Crippen LogP contribution is -2.05. The summed E-state index contributed by atoms with van der Waals surface area (Å²) in [6.07, 6.45) is 0.112. The van der Waals surface area contributed by atoms with Crippen LogP contribution in [0.3, 0.4) is 0 Å². The standard InChI is InChI=1S/C16H16O3/c1-11(2)19-15-8-4-6-13(10-15)12-5-3-7-14(9-12)16(17)18/h3-11H,1-2H3,(H,17,18). The number of carboxylic acids is 1. The van der Waals surface area contributed by atoms with E-state index in [0.717, 1.165) is 16.9 Å². The third-order valence-corrected chi connectivity index (χ3v) is 2.65. The molecule has 0 fully saturated rings. The maximum atomic E-state index is 11.0. The van der Waals surface area contributed by atoms with E-state index in [4.69, 9.17) is 9.84 Å². The van der Waals surface area contributed by atoms with E-state index in [-0.39, 0.29) is 11.7 Å². The van der Waals surface area contributed by atoms with Gasteiger partial charge in [-0.25, -0.2) is 4.79 Å². The van der Waals surface area contributed by atoms with Crippen molar-refractivity contribution in [3.8, 4) is 16.9 Å². The Bertz CT molecular complexity index is 588. The zero-order valence-electron chi connectivity index (χ0n) is 11.0. The van der Waals surface area contributed by atoms with Gasteiger partial charge in [0.25, 0.3) is 0 Å². The monoisotopic (exact) mass is 256 g/mol. The van der Waals surface area contributed by atoms with Crippen LogP contribution < -0.4 is 4.74 Å². The smallest absolute Gasteiger partial charge is 0.335 e. The summed E-state index contributed by atoms with van der Waals surface area (Å²) in [5.41, 5.74) is 2.10. The van der Waals surface area contributed by atoms with Gasteiger partial charge in [0.1, 0.15) is 5.75 Å². The summed E-state index contributed by atoms with van der Waals surface area (Å²) in [6.45, 7) is 3.94. The fourth-order valence-electron chi connectivity index (χ4n) is 1.85. The minimum atomic E-state index is -0.920. The van der Waals surface area contributed by atoms with Gasteiger partial charge in [-0.05, 0) is 49.2 Å². The molecule has 0 saturated carbocycles. The van der Waals surface area contributed by atoms with Gasteiger partial charge in [-0.3, -0.25) is 0 Å². The summed E-state index contributed by atoms with van der Waals surface area (Å²) in [6, 6.07) is 14.5. The highest BCUT2D eigenvalue weighted by Crippen LogP contribution is 2.25. The second-order valence-electron chi connectivity index (χ2n) is 4.58. The zero-order valence-corrected chi connectivity index (χ0v) is 11.0. The molecular weight excluding hydrogens is 240 g/mol. The molecule has 19 heavy (non-hydrogen) atoms. The van der Waals surface area contributed by atoms with E-state index in [1.807, 2.05) is 44.2 Å². The molecule has 1 N–H and O–H groups in total. The minimum Gasteiger partial charge on any atom is -0.491 e. The normalized spacial score (nSPS) is 10.5. The van der Waals surface area contributed by atoms with E-state index in [2.05, 4.69) is 0 Å². The Morgan fingerprint density at radius 3 is 2.32 bits per heavy atom. The predicted octanol–water partition coefficient (Wildman–Crippen LogP) is 3.84. The number of ether oxygens (including phenoxy) is 1. The van der Waals surface area contributed by atoms with Crippen LogP contribution in [0.1, 0.15) is 24.2 Å². The van der Waals surface area contributed by atoms with Gasteiger partial charge in [-0.1, -0.05) is 24.3 Å². The van der Waals surface area contributed by atoms with Crippen molar-refractivity contribution in [1.82, 2.24) is 0 Å². The molecule has 0 aliphatic carbocycles. The number of hydrogen-bond acceptors (Lipinski definition) is 2. The Kier molecular flexibility index (Phi) is 3.85. The van der Waals surface area contributed by atoms with Crippen LogP contribution in [0.5, 0.6) is 5.75 Å². The van der Waals surface area contributed by atoms with E-state index in [1.54, 1.807) is 18.2 Å². The van der Waals surface area contributed by atoms with Crippen LogP contribution >= 0.6 is 0 Å². The summed E-state index contributed by atoms with van der Waals surface area (Å²) in [4.78, 5) is 11.0. The first-order valence-electron chi connectivity index (χ1n) is 6.16. The van der Waals surface area contributed by atoms with Gasteiger partial charge in [0.2, 0.25) is 0 Å². The van der Waals surface area contributed by atoms with Crippen molar-refractivity contribution in [3.05, 3.63) is 54.1 Å². The summed E-state index contributed by atoms with van der Waals surface area (Å²) in [5, 5.41) is 9.01. The Morgan fingerprint density at radius 1 is 1.05 bits per heavy atom.